The second-order valence-electron chi connectivity index (χ2n) is 8.47. The third-order valence-electron chi connectivity index (χ3n) is 5.37. The number of fused-ring (bicyclic) bond motifs is 1. The number of alkyl halides is 6. The Morgan fingerprint density at radius 1 is 1.08 bits per heavy atom. The van der Waals surface area contributed by atoms with E-state index in [1.807, 2.05) is 18.5 Å². The summed E-state index contributed by atoms with van der Waals surface area (Å²) in [4.78, 5) is 37.6. The zero-order valence-corrected chi connectivity index (χ0v) is 20.5. The fourth-order valence-electron chi connectivity index (χ4n) is 3.54. The van der Waals surface area contributed by atoms with Crippen LogP contribution in [0.4, 0.5) is 26.3 Å². The van der Waals surface area contributed by atoms with Crippen molar-refractivity contribution in [3.05, 3.63) is 30.1 Å². The highest BCUT2D eigenvalue weighted by Crippen LogP contribution is 2.32. The van der Waals surface area contributed by atoms with Crippen LogP contribution in [0.15, 0.2) is 24.5 Å². The lowest BCUT2D eigenvalue weighted by atomic mass is 9.99. The lowest BCUT2D eigenvalue weighted by Crippen LogP contribution is -2.43. The number of likely N-dealkylation sites (tertiary alicyclic amines) is 1. The zero-order chi connectivity index (χ0) is 29.1. The number of amides is 1. The van der Waals surface area contributed by atoms with Crippen LogP contribution in [-0.2, 0) is 30.4 Å². The summed E-state index contributed by atoms with van der Waals surface area (Å²) in [6.07, 6.45) is -2.84. The van der Waals surface area contributed by atoms with Crippen molar-refractivity contribution in [2.24, 2.45) is 0 Å². The number of hydrogen-bond acceptors (Lipinski definition) is 7. The molecule has 3 heterocycles. The van der Waals surface area contributed by atoms with E-state index in [0.29, 0.717) is 12.6 Å². The van der Waals surface area contributed by atoms with Crippen molar-refractivity contribution in [2.75, 3.05) is 33.9 Å². The summed E-state index contributed by atoms with van der Waals surface area (Å²) >= 11 is 0. The zero-order valence-electron chi connectivity index (χ0n) is 20.5. The molecule has 3 atom stereocenters. The quantitative estimate of drug-likeness (QED) is 0.504. The van der Waals surface area contributed by atoms with Gasteiger partial charge in [-0.2, -0.15) is 26.3 Å². The van der Waals surface area contributed by atoms with Gasteiger partial charge < -0.3 is 24.6 Å². The normalized spacial score (nSPS) is 21.2. The molecule has 2 aliphatic rings. The molecular formula is C22H29F6N3O7. The van der Waals surface area contributed by atoms with E-state index in [0.717, 1.165) is 32.4 Å². The number of carbonyl (C=O) groups is 3. The second-order valence-corrected chi connectivity index (χ2v) is 8.47. The molecule has 216 valence electrons. The SMILES string of the molecule is CN(C)C(=O)COC[C@H]1CC[C@H]2[C@H](CCN2Cc2cccnc2)O1.O=C(O)C(F)(F)F.O=C(O)C(F)(F)F. The van der Waals surface area contributed by atoms with Gasteiger partial charge in [-0.15, -0.1) is 0 Å². The van der Waals surface area contributed by atoms with E-state index < -0.39 is 24.3 Å². The Hall–Kier alpha value is -2.98. The number of ether oxygens (including phenoxy) is 2. The maximum Gasteiger partial charge on any atom is 0.490 e. The molecular weight excluding hydrogens is 532 g/mol. The number of likely N-dealkylation sites (N-methyl/N-ethyl adjacent to an activating group) is 1. The van der Waals surface area contributed by atoms with Crippen molar-refractivity contribution in [3.8, 4) is 0 Å². The third-order valence-corrected chi connectivity index (χ3v) is 5.37. The van der Waals surface area contributed by atoms with Crippen LogP contribution in [0.5, 0.6) is 0 Å². The number of aromatic nitrogens is 1. The van der Waals surface area contributed by atoms with Crippen LogP contribution in [0, 0.1) is 0 Å². The number of halogens is 6. The molecule has 1 aromatic rings. The van der Waals surface area contributed by atoms with E-state index in [2.05, 4.69) is 16.0 Å². The van der Waals surface area contributed by atoms with E-state index in [1.165, 1.54) is 5.56 Å². The predicted molar refractivity (Wildman–Crippen MR) is 118 cm³/mol. The standard InChI is InChI=1S/C18H27N3O3.2C2HF3O2/c1-20(2)18(22)13-23-12-15-5-6-16-17(24-15)7-9-21(16)11-14-4-3-8-19-10-14;2*3-2(4,5)1(6)7/h3-4,8,10,15-17H,5-7,9,11-13H2,1-2H3;2*(H,6,7)/t15-,16+,17+;;/m1../s1. The minimum atomic E-state index is -5.08. The van der Waals surface area contributed by atoms with E-state index in [4.69, 9.17) is 29.3 Å². The average Bonchev–Trinajstić information content (AvgIpc) is 3.21. The Morgan fingerprint density at radius 2 is 1.66 bits per heavy atom. The summed E-state index contributed by atoms with van der Waals surface area (Å²) in [5.74, 6) is -5.52. The number of pyridine rings is 1. The van der Waals surface area contributed by atoms with Gasteiger partial charge in [-0.25, -0.2) is 9.59 Å². The minimum absolute atomic E-state index is 0.00722. The molecule has 2 fully saturated rings. The van der Waals surface area contributed by atoms with Gasteiger partial charge in [-0.1, -0.05) is 6.07 Å². The van der Waals surface area contributed by atoms with Crippen molar-refractivity contribution in [1.29, 1.82) is 0 Å². The third kappa shape index (κ3) is 12.0. The molecule has 38 heavy (non-hydrogen) atoms. The van der Waals surface area contributed by atoms with Gasteiger partial charge in [-0.3, -0.25) is 14.7 Å². The Balaban J connectivity index is 0.000000426. The Morgan fingerprint density at radius 3 is 2.13 bits per heavy atom. The van der Waals surface area contributed by atoms with Crippen molar-refractivity contribution in [2.45, 2.75) is 56.4 Å². The van der Waals surface area contributed by atoms with Gasteiger partial charge in [0.1, 0.15) is 6.61 Å². The first-order chi connectivity index (χ1) is 17.5. The van der Waals surface area contributed by atoms with E-state index in [9.17, 15) is 31.1 Å². The van der Waals surface area contributed by atoms with Crippen molar-refractivity contribution >= 4 is 17.8 Å². The van der Waals surface area contributed by atoms with Crippen LogP contribution in [0.1, 0.15) is 24.8 Å². The molecule has 0 aliphatic carbocycles. The molecule has 0 spiro atoms. The summed E-state index contributed by atoms with van der Waals surface area (Å²) in [7, 11) is 3.48. The highest BCUT2D eigenvalue weighted by atomic mass is 19.4. The minimum Gasteiger partial charge on any atom is -0.475 e. The van der Waals surface area contributed by atoms with Gasteiger partial charge in [0.25, 0.3) is 0 Å². The largest absolute Gasteiger partial charge is 0.490 e. The smallest absolute Gasteiger partial charge is 0.475 e. The molecule has 0 bridgehead atoms. The Bertz CT molecular complexity index is 876. The number of aliphatic carboxylic acids is 2. The molecule has 1 aromatic heterocycles. The van der Waals surface area contributed by atoms with Crippen LogP contribution in [0.3, 0.4) is 0 Å². The molecule has 0 radical (unpaired) electrons. The van der Waals surface area contributed by atoms with Crippen LogP contribution in [0.25, 0.3) is 0 Å². The van der Waals surface area contributed by atoms with Crippen LogP contribution < -0.4 is 0 Å². The molecule has 2 aliphatic heterocycles. The average molecular weight is 561 g/mol. The van der Waals surface area contributed by atoms with Gasteiger partial charge in [0.05, 0.1) is 18.8 Å². The van der Waals surface area contributed by atoms with Crippen LogP contribution in [0.2, 0.25) is 0 Å². The monoisotopic (exact) mass is 561 g/mol. The molecule has 0 unspecified atom stereocenters. The lowest BCUT2D eigenvalue weighted by molar-refractivity contribution is -0.193. The molecule has 1 amide bonds. The Labute approximate surface area is 214 Å². The first-order valence-electron chi connectivity index (χ1n) is 11.2. The topological polar surface area (TPSA) is 130 Å². The summed E-state index contributed by atoms with van der Waals surface area (Å²) in [6.45, 7) is 2.65. The second kappa shape index (κ2) is 14.8. The molecule has 16 heteroatoms. The van der Waals surface area contributed by atoms with Gasteiger partial charge in [0, 0.05) is 45.6 Å². The Kier molecular flexibility index (Phi) is 12.9. The molecule has 10 nitrogen and oxygen atoms in total. The molecule has 0 saturated carbocycles. The van der Waals surface area contributed by atoms with E-state index in [-0.39, 0.29) is 24.7 Å². The molecule has 2 N–H and O–H groups in total. The van der Waals surface area contributed by atoms with Crippen molar-refractivity contribution in [1.82, 2.24) is 14.8 Å². The fourth-order valence-corrected chi connectivity index (χ4v) is 3.54. The number of carbonyl (C=O) groups excluding carboxylic acids is 1. The summed E-state index contributed by atoms with van der Waals surface area (Å²) in [6, 6.07) is 4.61. The molecule has 3 rings (SSSR count). The molecule has 2 saturated heterocycles. The fraction of sp³-hybridized carbons (Fsp3) is 0.636. The van der Waals surface area contributed by atoms with Crippen LogP contribution in [-0.4, -0.2) is 107 Å². The first-order valence-corrected chi connectivity index (χ1v) is 11.2. The number of carboxylic acids is 2. The van der Waals surface area contributed by atoms with Gasteiger partial charge in [0.2, 0.25) is 5.91 Å². The number of carboxylic acid groups (broad SMARTS) is 2. The van der Waals surface area contributed by atoms with Crippen molar-refractivity contribution < 1.29 is 60.4 Å². The highest BCUT2D eigenvalue weighted by molar-refractivity contribution is 5.76. The number of hydrogen-bond donors (Lipinski definition) is 2. The highest BCUT2D eigenvalue weighted by Gasteiger charge is 2.40. The summed E-state index contributed by atoms with van der Waals surface area (Å²) < 4.78 is 75.2. The predicted octanol–water partition coefficient (Wildman–Crippen LogP) is 2.57. The maximum absolute atomic E-state index is 11.5. The van der Waals surface area contributed by atoms with Crippen molar-refractivity contribution in [3.63, 3.8) is 0 Å². The number of nitrogens with zero attached hydrogens (tertiary/aromatic N) is 3. The lowest BCUT2D eigenvalue weighted by Gasteiger charge is -2.36. The van der Waals surface area contributed by atoms with E-state index >= 15 is 0 Å². The first kappa shape index (κ1) is 33.0. The summed E-state index contributed by atoms with van der Waals surface area (Å²) in [5, 5.41) is 14.2. The van der Waals surface area contributed by atoms with Crippen LogP contribution >= 0.6 is 0 Å². The van der Waals surface area contributed by atoms with Gasteiger partial charge >= 0.3 is 24.3 Å². The maximum atomic E-state index is 11.5. The molecule has 0 aromatic carbocycles. The number of rotatable bonds is 6. The van der Waals surface area contributed by atoms with Gasteiger partial charge in [0.15, 0.2) is 0 Å². The summed E-state index contributed by atoms with van der Waals surface area (Å²) in [5.41, 5.74) is 1.26. The van der Waals surface area contributed by atoms with E-state index in [1.54, 1.807) is 19.0 Å². The van der Waals surface area contributed by atoms with Gasteiger partial charge in [-0.05, 0) is 30.9 Å².